The highest BCUT2D eigenvalue weighted by molar-refractivity contribution is 5.94. The standard InChI is InChI=1S/C88H72O26/c89-76(54-31-11-1-12-32-54)100-51-64-68(70(107-80(93)58-39-19-5-20-40-58)73(86(99)103-64)110-83(96)61-45-25-8-26-46-61)113-88-75(112-85(98)63-49-29-10-30-50-63)72(109-82(95)60-43-23-7-24-44-60)69(66(105-88)53-102-78(91)56-35-15-3-16-36-56)114-87-74(111-84(97)62-47-27-9-28-48-62)71(108-81(94)59-41-21-6-22-42-59)67(106-79(92)57-37-17-4-18-38-57)65(104-87)52-101-77(90)55-33-13-2-14-34-55/h1-50,64-75,86-88,99H,51-53H2/t64-,65-,66-,67-,68-,69-,70+,71+,72+,73-,74-,75-,86?,87-,88-/m1/s1. The minimum Gasteiger partial charge on any atom is -0.459 e. The molecule has 3 heterocycles. The Bertz CT molecular complexity index is 4900. The lowest BCUT2D eigenvalue weighted by Gasteiger charge is -2.50. The van der Waals surface area contributed by atoms with Gasteiger partial charge in [0, 0.05) is 0 Å². The number of benzene rings is 10. The van der Waals surface area contributed by atoms with E-state index in [0.717, 1.165) is 0 Å². The van der Waals surface area contributed by atoms with E-state index < -0.39 is 172 Å². The maximum atomic E-state index is 15.4. The fraction of sp³-hybridized carbons (Fsp3) is 0.205. The second kappa shape index (κ2) is 38.1. The van der Waals surface area contributed by atoms with Gasteiger partial charge in [-0.15, -0.1) is 0 Å². The second-order valence-electron chi connectivity index (χ2n) is 25.9. The molecule has 0 aliphatic carbocycles. The second-order valence-corrected chi connectivity index (χ2v) is 25.9. The zero-order chi connectivity index (χ0) is 79.3. The van der Waals surface area contributed by atoms with E-state index in [4.69, 9.17) is 71.1 Å². The van der Waals surface area contributed by atoms with E-state index in [-0.39, 0.29) is 55.6 Å². The van der Waals surface area contributed by atoms with Crippen LogP contribution in [-0.2, 0) is 71.1 Å². The largest absolute Gasteiger partial charge is 0.459 e. The lowest BCUT2D eigenvalue weighted by molar-refractivity contribution is -0.374. The smallest absolute Gasteiger partial charge is 0.338 e. The summed E-state index contributed by atoms with van der Waals surface area (Å²) in [6.45, 7) is -2.76. The van der Waals surface area contributed by atoms with Crippen LogP contribution in [0.1, 0.15) is 104 Å². The molecular formula is C88H72O26. The van der Waals surface area contributed by atoms with Crippen molar-refractivity contribution in [1.29, 1.82) is 0 Å². The Morgan fingerprint density at radius 1 is 0.211 bits per heavy atom. The van der Waals surface area contributed by atoms with Crippen LogP contribution in [-0.4, -0.2) is 177 Å². The Labute approximate surface area is 651 Å². The molecule has 3 fully saturated rings. The van der Waals surface area contributed by atoms with Gasteiger partial charge in [0.15, 0.2) is 61.6 Å². The quantitative estimate of drug-likeness (QED) is 0.0369. The average molecular weight is 1550 g/mol. The third-order valence-corrected chi connectivity index (χ3v) is 18.3. The SMILES string of the molecule is O=C(OC[C@H]1O[C@H](O[C@H]2[C@H](OC(=O)c3ccccc3)[C@@H](OC(=O)c3ccccc3)[C@@H](O[C@H]3[C@H](OC(=O)c4ccccc4)[C@@H](OC(=O)c4ccccc4)C(O)O[C@@H]3COC(=O)c3ccccc3)O[C@@H]2COC(=O)c2ccccc2)[C@H](OC(=O)c2ccccc2)[C@@H](OC(=O)c2ccccc2)[C@@H]1OC(=O)c1ccccc1)c1ccccc1. The predicted molar refractivity (Wildman–Crippen MR) is 398 cm³/mol. The average Bonchev–Trinajstić information content (AvgIpc) is 0.756. The van der Waals surface area contributed by atoms with Crippen LogP contribution in [0.3, 0.4) is 0 Å². The Morgan fingerprint density at radius 3 is 0.632 bits per heavy atom. The number of rotatable bonds is 27. The van der Waals surface area contributed by atoms with E-state index >= 15 is 14.4 Å². The minimum absolute atomic E-state index is 0.0131. The first-order valence-corrected chi connectivity index (χ1v) is 36.0. The highest BCUT2D eigenvalue weighted by Crippen LogP contribution is 2.40. The van der Waals surface area contributed by atoms with Gasteiger partial charge in [0.2, 0.25) is 0 Å². The van der Waals surface area contributed by atoms with Crippen molar-refractivity contribution in [2.24, 2.45) is 0 Å². The van der Waals surface area contributed by atoms with E-state index in [1.165, 1.54) is 194 Å². The molecule has 3 aliphatic heterocycles. The van der Waals surface area contributed by atoms with Crippen LogP contribution >= 0.6 is 0 Å². The van der Waals surface area contributed by atoms with Crippen LogP contribution < -0.4 is 0 Å². The minimum atomic E-state index is -2.34. The Kier molecular flexibility index (Phi) is 26.3. The van der Waals surface area contributed by atoms with Crippen molar-refractivity contribution in [2.75, 3.05) is 19.8 Å². The molecule has 26 heteroatoms. The number of hydrogen-bond donors (Lipinski definition) is 1. The summed E-state index contributed by atoms with van der Waals surface area (Å²) in [5, 5.41) is 12.3. The molecule has 3 aliphatic rings. The molecule has 10 aromatic carbocycles. The fourth-order valence-electron chi connectivity index (χ4n) is 12.6. The first kappa shape index (κ1) is 78.8. The molecule has 0 radical (unpaired) electrons. The molecule has 0 aromatic heterocycles. The summed E-state index contributed by atoms with van der Waals surface area (Å²) in [5.41, 5.74) is -0.572. The highest BCUT2D eigenvalue weighted by atomic mass is 16.8. The monoisotopic (exact) mass is 1540 g/mol. The molecule has 0 spiro atoms. The van der Waals surface area contributed by atoms with Crippen molar-refractivity contribution in [3.63, 3.8) is 0 Å². The van der Waals surface area contributed by atoms with E-state index in [0.29, 0.717) is 0 Å². The number of ether oxygens (including phenoxy) is 15. The Balaban J connectivity index is 1.000. The molecule has 13 rings (SSSR count). The third kappa shape index (κ3) is 19.9. The number of hydrogen-bond acceptors (Lipinski definition) is 26. The molecule has 10 aromatic rings. The van der Waals surface area contributed by atoms with Gasteiger partial charge in [-0.2, -0.15) is 0 Å². The lowest BCUT2D eigenvalue weighted by Crippen LogP contribution is -2.69. The number of aliphatic hydroxyl groups excluding tert-OH is 1. The van der Waals surface area contributed by atoms with Crippen molar-refractivity contribution in [3.8, 4) is 0 Å². The van der Waals surface area contributed by atoms with Gasteiger partial charge in [0.05, 0.1) is 55.6 Å². The van der Waals surface area contributed by atoms with Crippen LogP contribution in [0.15, 0.2) is 303 Å². The van der Waals surface area contributed by atoms with Gasteiger partial charge < -0.3 is 76.2 Å². The maximum Gasteiger partial charge on any atom is 0.338 e. The van der Waals surface area contributed by atoms with Crippen LogP contribution in [0.5, 0.6) is 0 Å². The predicted octanol–water partition coefficient (Wildman–Crippen LogP) is 11.1. The Morgan fingerprint density at radius 2 is 0.386 bits per heavy atom. The van der Waals surface area contributed by atoms with Gasteiger partial charge >= 0.3 is 59.7 Å². The van der Waals surface area contributed by atoms with Gasteiger partial charge in [0.1, 0.15) is 50.3 Å². The summed E-state index contributed by atoms with van der Waals surface area (Å²) in [6.07, 6.45) is -31.9. The van der Waals surface area contributed by atoms with Gasteiger partial charge in [-0.1, -0.05) is 182 Å². The summed E-state index contributed by atoms with van der Waals surface area (Å²) < 4.78 is 97.4. The molecule has 580 valence electrons. The maximum absolute atomic E-state index is 15.4. The van der Waals surface area contributed by atoms with Gasteiger partial charge in [-0.25, -0.2) is 47.9 Å². The lowest BCUT2D eigenvalue weighted by atomic mass is 9.94. The molecule has 0 amide bonds. The first-order chi connectivity index (χ1) is 55.6. The highest BCUT2D eigenvalue weighted by Gasteiger charge is 2.61. The first-order valence-electron chi connectivity index (χ1n) is 36.0. The summed E-state index contributed by atoms with van der Waals surface area (Å²) in [4.78, 5) is 148. The summed E-state index contributed by atoms with van der Waals surface area (Å²) >= 11 is 0. The molecule has 0 saturated carbocycles. The van der Waals surface area contributed by atoms with Crippen LogP contribution in [0, 0.1) is 0 Å². The van der Waals surface area contributed by atoms with Crippen molar-refractivity contribution >= 4 is 59.7 Å². The fourth-order valence-corrected chi connectivity index (χ4v) is 12.6. The van der Waals surface area contributed by atoms with Crippen molar-refractivity contribution in [3.05, 3.63) is 359 Å². The molecule has 0 bridgehead atoms. The zero-order valence-electron chi connectivity index (χ0n) is 60.3. The third-order valence-electron chi connectivity index (χ3n) is 18.3. The van der Waals surface area contributed by atoms with Gasteiger partial charge in [-0.05, 0) is 121 Å². The van der Waals surface area contributed by atoms with Crippen molar-refractivity contribution in [2.45, 2.75) is 92.1 Å². The molecule has 1 N–H and O–H groups in total. The van der Waals surface area contributed by atoms with Crippen LogP contribution in [0.4, 0.5) is 0 Å². The normalized spacial score (nSPS) is 22.9. The zero-order valence-corrected chi connectivity index (χ0v) is 60.3. The summed E-state index contributed by atoms with van der Waals surface area (Å²) in [7, 11) is 0. The molecule has 26 nitrogen and oxygen atoms in total. The van der Waals surface area contributed by atoms with E-state index in [2.05, 4.69) is 0 Å². The molecular weight excluding hydrogens is 1470 g/mol. The molecule has 114 heavy (non-hydrogen) atoms. The molecule has 3 saturated heterocycles. The van der Waals surface area contributed by atoms with E-state index in [1.54, 1.807) is 109 Å². The number of esters is 10. The Hall–Kier alpha value is -13.3. The van der Waals surface area contributed by atoms with E-state index in [9.17, 15) is 38.7 Å². The summed E-state index contributed by atoms with van der Waals surface area (Å²) in [5.74, 6) is -10.7. The topological polar surface area (TPSA) is 329 Å². The van der Waals surface area contributed by atoms with Gasteiger partial charge in [-0.3, -0.25) is 0 Å². The number of carbonyl (C=O) groups is 10. The van der Waals surface area contributed by atoms with Gasteiger partial charge in [0.25, 0.3) is 0 Å². The summed E-state index contributed by atoms with van der Waals surface area (Å²) in [6, 6.07) is 75.1. The molecule has 15 atom stereocenters. The molecule has 1 unspecified atom stereocenters. The number of aliphatic hydroxyl groups is 1. The number of carbonyl (C=O) groups excluding carboxylic acids is 10. The van der Waals surface area contributed by atoms with Crippen LogP contribution in [0.2, 0.25) is 0 Å². The van der Waals surface area contributed by atoms with Crippen molar-refractivity contribution < 1.29 is 124 Å². The van der Waals surface area contributed by atoms with E-state index in [1.807, 2.05) is 0 Å². The van der Waals surface area contributed by atoms with Crippen LogP contribution in [0.25, 0.3) is 0 Å². The van der Waals surface area contributed by atoms with Crippen molar-refractivity contribution in [1.82, 2.24) is 0 Å².